The molecule has 0 aliphatic carbocycles. The normalized spacial score (nSPS) is 20.5. The molecule has 1 aliphatic rings. The summed E-state index contributed by atoms with van der Waals surface area (Å²) < 4.78 is 0. The molecule has 3 rings (SSSR count). The van der Waals surface area contributed by atoms with Gasteiger partial charge in [0.05, 0.1) is 0 Å². The Morgan fingerprint density at radius 1 is 1.38 bits per heavy atom. The predicted molar refractivity (Wildman–Crippen MR) is 101 cm³/mol. The van der Waals surface area contributed by atoms with E-state index in [9.17, 15) is 4.79 Å². The van der Waals surface area contributed by atoms with Crippen LogP contribution in [0.2, 0.25) is 0 Å². The van der Waals surface area contributed by atoms with Gasteiger partial charge >= 0.3 is 0 Å². The van der Waals surface area contributed by atoms with E-state index in [1.54, 1.807) is 0 Å². The lowest BCUT2D eigenvalue weighted by molar-refractivity contribution is -0.121. The second kappa shape index (κ2) is 7.21. The van der Waals surface area contributed by atoms with Gasteiger partial charge in [-0.05, 0) is 50.0 Å². The summed E-state index contributed by atoms with van der Waals surface area (Å²) >= 11 is 5.15. The number of rotatable bonds is 5. The fourth-order valence-corrected chi connectivity index (χ4v) is 3.70. The molecule has 1 aromatic heterocycles. The van der Waals surface area contributed by atoms with Crippen LogP contribution >= 0.6 is 12.2 Å². The van der Waals surface area contributed by atoms with Gasteiger partial charge in [0, 0.05) is 42.1 Å². The first kappa shape index (κ1) is 16.8. The molecule has 0 radical (unpaired) electrons. The van der Waals surface area contributed by atoms with Crippen LogP contribution in [0.5, 0.6) is 0 Å². The summed E-state index contributed by atoms with van der Waals surface area (Å²) in [7, 11) is 0. The fourth-order valence-electron chi connectivity index (χ4n) is 3.33. The molecule has 1 amide bonds. The van der Waals surface area contributed by atoms with Gasteiger partial charge in [0.25, 0.3) is 0 Å². The Morgan fingerprint density at radius 2 is 2.21 bits per heavy atom. The highest BCUT2D eigenvalue weighted by molar-refractivity contribution is 7.80. The lowest BCUT2D eigenvalue weighted by atomic mass is 10.0. The van der Waals surface area contributed by atoms with Crippen LogP contribution in [0.4, 0.5) is 0 Å². The van der Waals surface area contributed by atoms with Crippen LogP contribution in [0.25, 0.3) is 10.9 Å². The molecule has 5 nitrogen and oxygen atoms in total. The summed E-state index contributed by atoms with van der Waals surface area (Å²) in [5.74, 6) is 0.0698. The summed E-state index contributed by atoms with van der Waals surface area (Å²) in [4.78, 5) is 15.5. The van der Waals surface area contributed by atoms with Crippen LogP contribution in [0.3, 0.4) is 0 Å². The van der Waals surface area contributed by atoms with Crippen LogP contribution in [-0.4, -0.2) is 34.6 Å². The molecule has 0 saturated carbocycles. The van der Waals surface area contributed by atoms with Gasteiger partial charge in [-0.3, -0.25) is 4.79 Å². The molecule has 1 aliphatic heterocycles. The number of nitrogens with one attached hydrogen (secondary N) is 4. The smallest absolute Gasteiger partial charge is 0.222 e. The molecule has 1 saturated heterocycles. The van der Waals surface area contributed by atoms with E-state index in [2.05, 4.69) is 53.0 Å². The number of para-hydroxylation sites is 1. The van der Waals surface area contributed by atoms with E-state index < -0.39 is 0 Å². The number of aryl methyl sites for hydroxylation is 1. The highest BCUT2D eigenvalue weighted by Crippen LogP contribution is 2.21. The molecule has 2 atom stereocenters. The third-order valence-electron chi connectivity index (χ3n) is 4.51. The number of amides is 1. The summed E-state index contributed by atoms with van der Waals surface area (Å²) in [5.41, 5.74) is 3.66. The van der Waals surface area contributed by atoms with Gasteiger partial charge in [-0.2, -0.15) is 0 Å². The fraction of sp³-hybridized carbons (Fsp3) is 0.444. The summed E-state index contributed by atoms with van der Waals surface area (Å²) in [6, 6.07) is 6.72. The van der Waals surface area contributed by atoms with Crippen molar-refractivity contribution in [3.8, 4) is 0 Å². The Kier molecular flexibility index (Phi) is 5.04. The molecule has 4 N–H and O–H groups in total. The second-order valence-corrected chi connectivity index (χ2v) is 6.98. The summed E-state index contributed by atoms with van der Waals surface area (Å²) in [6.45, 7) is 4.82. The van der Waals surface area contributed by atoms with Gasteiger partial charge in [-0.1, -0.05) is 18.2 Å². The van der Waals surface area contributed by atoms with Crippen LogP contribution in [0.15, 0.2) is 24.4 Å². The van der Waals surface area contributed by atoms with Gasteiger partial charge in [0.2, 0.25) is 5.91 Å². The van der Waals surface area contributed by atoms with E-state index in [1.807, 2.05) is 6.20 Å². The Bertz CT molecular complexity index is 755. The predicted octanol–water partition coefficient (Wildman–Crippen LogP) is 2.15. The second-order valence-electron chi connectivity index (χ2n) is 6.57. The van der Waals surface area contributed by atoms with Crippen molar-refractivity contribution in [2.45, 2.75) is 45.2 Å². The Balaban J connectivity index is 1.50. The molecule has 1 aromatic carbocycles. The molecule has 0 unspecified atom stereocenters. The molecule has 2 heterocycles. The Morgan fingerprint density at radius 3 is 3.00 bits per heavy atom. The van der Waals surface area contributed by atoms with E-state index in [0.29, 0.717) is 24.1 Å². The molecule has 1 fully saturated rings. The van der Waals surface area contributed by atoms with Gasteiger partial charge in [-0.25, -0.2) is 0 Å². The quantitative estimate of drug-likeness (QED) is 0.628. The number of hydrogen-bond acceptors (Lipinski definition) is 2. The topological polar surface area (TPSA) is 69.0 Å². The number of benzene rings is 1. The molecule has 6 heteroatoms. The van der Waals surface area contributed by atoms with Crippen molar-refractivity contribution in [3.05, 3.63) is 35.5 Å². The first-order valence-electron chi connectivity index (χ1n) is 8.42. The van der Waals surface area contributed by atoms with Crippen molar-refractivity contribution in [1.29, 1.82) is 0 Å². The third kappa shape index (κ3) is 3.87. The standard InChI is InChI=1S/C18H24N4OS/c1-11-4-3-5-15-13(10-20-17(11)15)6-7-19-16(23)9-14-8-12(2)21-18(24)22-14/h3-5,10,12,14,20H,6-9H2,1-2H3,(H,19,23)(H2,21,22,24)/t12-,14+/m1/s1. The average Bonchev–Trinajstić information content (AvgIpc) is 2.91. The number of hydrogen-bond donors (Lipinski definition) is 4. The number of thiocarbonyl (C=S) groups is 1. The molecule has 2 aromatic rings. The van der Waals surface area contributed by atoms with Gasteiger partial charge in [-0.15, -0.1) is 0 Å². The largest absolute Gasteiger partial charge is 0.361 e. The first-order valence-corrected chi connectivity index (χ1v) is 8.83. The minimum absolute atomic E-state index is 0.0698. The third-order valence-corrected chi connectivity index (χ3v) is 4.74. The lowest BCUT2D eigenvalue weighted by Crippen LogP contribution is -2.54. The lowest BCUT2D eigenvalue weighted by Gasteiger charge is -2.30. The zero-order valence-corrected chi connectivity index (χ0v) is 14.9. The van der Waals surface area contributed by atoms with Crippen molar-refractivity contribution in [2.24, 2.45) is 0 Å². The van der Waals surface area contributed by atoms with E-state index in [0.717, 1.165) is 12.8 Å². The van der Waals surface area contributed by atoms with Crippen LogP contribution in [0.1, 0.15) is 30.9 Å². The van der Waals surface area contributed by atoms with Gasteiger partial charge < -0.3 is 20.9 Å². The van der Waals surface area contributed by atoms with E-state index in [4.69, 9.17) is 12.2 Å². The minimum Gasteiger partial charge on any atom is -0.361 e. The molecule has 0 spiro atoms. The maximum Gasteiger partial charge on any atom is 0.222 e. The highest BCUT2D eigenvalue weighted by atomic mass is 32.1. The zero-order chi connectivity index (χ0) is 17.1. The number of aromatic nitrogens is 1. The van der Waals surface area contributed by atoms with Crippen LogP contribution in [-0.2, 0) is 11.2 Å². The number of carbonyl (C=O) groups is 1. The molecular formula is C18H24N4OS. The van der Waals surface area contributed by atoms with Crippen LogP contribution < -0.4 is 16.0 Å². The van der Waals surface area contributed by atoms with Crippen molar-refractivity contribution in [2.75, 3.05) is 6.54 Å². The maximum atomic E-state index is 12.1. The molecular weight excluding hydrogens is 320 g/mol. The van der Waals surface area contributed by atoms with Crippen molar-refractivity contribution in [3.63, 3.8) is 0 Å². The van der Waals surface area contributed by atoms with E-state index in [1.165, 1.54) is 22.0 Å². The summed E-state index contributed by atoms with van der Waals surface area (Å²) in [6.07, 6.45) is 4.22. The summed E-state index contributed by atoms with van der Waals surface area (Å²) in [5, 5.41) is 11.2. The zero-order valence-electron chi connectivity index (χ0n) is 14.1. The molecule has 0 bridgehead atoms. The van der Waals surface area contributed by atoms with E-state index in [-0.39, 0.29) is 11.9 Å². The molecule has 24 heavy (non-hydrogen) atoms. The highest BCUT2D eigenvalue weighted by Gasteiger charge is 2.22. The number of H-pyrrole nitrogens is 1. The molecule has 128 valence electrons. The van der Waals surface area contributed by atoms with Crippen molar-refractivity contribution >= 4 is 34.1 Å². The van der Waals surface area contributed by atoms with E-state index >= 15 is 0 Å². The number of aromatic amines is 1. The Hall–Kier alpha value is -2.08. The minimum atomic E-state index is 0.0698. The Labute approximate surface area is 147 Å². The first-order chi connectivity index (χ1) is 11.5. The van der Waals surface area contributed by atoms with Crippen molar-refractivity contribution in [1.82, 2.24) is 20.9 Å². The SMILES string of the molecule is Cc1cccc2c(CCNC(=O)C[C@@H]3C[C@@H](C)NC(=S)N3)c[nH]c12. The van der Waals surface area contributed by atoms with Crippen molar-refractivity contribution < 1.29 is 4.79 Å². The number of fused-ring (bicyclic) bond motifs is 1. The maximum absolute atomic E-state index is 12.1. The monoisotopic (exact) mass is 344 g/mol. The van der Waals surface area contributed by atoms with Gasteiger partial charge in [0.15, 0.2) is 5.11 Å². The van der Waals surface area contributed by atoms with Gasteiger partial charge in [0.1, 0.15) is 0 Å². The van der Waals surface area contributed by atoms with Crippen LogP contribution in [0, 0.1) is 6.92 Å². The number of carbonyl (C=O) groups excluding carboxylic acids is 1. The average molecular weight is 344 g/mol.